The highest BCUT2D eigenvalue weighted by Crippen LogP contribution is 2.41. The molecule has 0 aliphatic carbocycles. The summed E-state index contributed by atoms with van der Waals surface area (Å²) >= 11 is 0. The maximum Gasteiger partial charge on any atom is 0.164 e. The highest BCUT2D eigenvalue weighted by atomic mass is 15.0. The number of fused-ring (bicyclic) bond motifs is 6. The molecule has 11 rings (SSSR count). The lowest BCUT2D eigenvalue weighted by Crippen LogP contribution is -2.01. The summed E-state index contributed by atoms with van der Waals surface area (Å²) in [6, 6.07) is 65.5. The van der Waals surface area contributed by atoms with E-state index in [9.17, 15) is 0 Å². The van der Waals surface area contributed by atoms with Gasteiger partial charge in [-0.2, -0.15) is 0 Å². The van der Waals surface area contributed by atoms with E-state index in [4.69, 9.17) is 19.9 Å². The van der Waals surface area contributed by atoms with Gasteiger partial charge in [0.1, 0.15) is 0 Å². The van der Waals surface area contributed by atoms with E-state index in [1.54, 1.807) is 0 Å². The minimum Gasteiger partial charge on any atom is -0.309 e. The first-order valence-electron chi connectivity index (χ1n) is 18.7. The Bertz CT molecular complexity index is 3180. The van der Waals surface area contributed by atoms with Gasteiger partial charge in [0.2, 0.25) is 0 Å². The Labute approximate surface area is 322 Å². The normalized spacial score (nSPS) is 11.6. The van der Waals surface area contributed by atoms with Gasteiger partial charge in [-0.25, -0.2) is 15.0 Å². The van der Waals surface area contributed by atoms with Gasteiger partial charge in [0.05, 0.1) is 27.6 Å². The Morgan fingerprint density at radius 3 is 1.66 bits per heavy atom. The summed E-state index contributed by atoms with van der Waals surface area (Å²) in [5, 5.41) is 3.54. The number of hydrogen-bond donors (Lipinski definition) is 0. The summed E-state index contributed by atoms with van der Waals surface area (Å²) in [7, 11) is 0. The first kappa shape index (κ1) is 31.8. The van der Waals surface area contributed by atoms with Crippen LogP contribution in [0, 0.1) is 0 Å². The van der Waals surface area contributed by atoms with Crippen LogP contribution in [0.15, 0.2) is 194 Å². The number of rotatable bonds is 6. The third kappa shape index (κ3) is 5.19. The molecule has 56 heavy (non-hydrogen) atoms. The van der Waals surface area contributed by atoms with Crippen molar-refractivity contribution in [3.63, 3.8) is 0 Å². The molecule has 0 aliphatic rings. The third-order valence-electron chi connectivity index (χ3n) is 10.6. The Balaban J connectivity index is 1.11. The molecule has 0 radical (unpaired) electrons. The van der Waals surface area contributed by atoms with Gasteiger partial charge in [0.25, 0.3) is 0 Å². The minimum absolute atomic E-state index is 0.612. The molecular formula is C50H32N6. The minimum atomic E-state index is 0.612. The first-order valence-corrected chi connectivity index (χ1v) is 18.7. The highest BCUT2D eigenvalue weighted by Gasteiger charge is 2.19. The van der Waals surface area contributed by atoms with Crippen molar-refractivity contribution in [2.45, 2.75) is 0 Å². The van der Waals surface area contributed by atoms with Gasteiger partial charge in [-0.15, -0.1) is 0 Å². The maximum atomic E-state index is 5.03. The predicted molar refractivity (Wildman–Crippen MR) is 228 cm³/mol. The lowest BCUT2D eigenvalue weighted by molar-refractivity contribution is 1.07. The van der Waals surface area contributed by atoms with E-state index in [1.807, 2.05) is 72.9 Å². The monoisotopic (exact) mass is 716 g/mol. The molecule has 6 nitrogen and oxygen atoms in total. The van der Waals surface area contributed by atoms with E-state index in [0.29, 0.717) is 17.5 Å². The van der Waals surface area contributed by atoms with Gasteiger partial charge in [-0.1, -0.05) is 127 Å². The van der Waals surface area contributed by atoms with Gasteiger partial charge in [0.15, 0.2) is 17.5 Å². The molecule has 11 aromatic rings. The molecular weight excluding hydrogens is 685 g/mol. The molecule has 6 heteroatoms. The fourth-order valence-corrected chi connectivity index (χ4v) is 8.11. The summed E-state index contributed by atoms with van der Waals surface area (Å²) in [6.45, 7) is 0. The van der Waals surface area contributed by atoms with Crippen LogP contribution in [0.4, 0.5) is 0 Å². The average molecular weight is 717 g/mol. The smallest absolute Gasteiger partial charge is 0.164 e. The SMILES string of the molecule is c1ccc(-c2nc(-c3ccccc3)nc(-c3cccc(-n4c5cc(-c6cccc7c6c6ccccc6n7-c6ccccc6)ccc5c5ncccc54)c3)n2)cc1. The summed E-state index contributed by atoms with van der Waals surface area (Å²) in [5.74, 6) is 1.88. The molecule has 0 spiro atoms. The van der Waals surface area contributed by atoms with Crippen LogP contribution in [0.25, 0.3) is 100 Å². The fraction of sp³-hybridized carbons (Fsp3) is 0. The zero-order valence-corrected chi connectivity index (χ0v) is 30.2. The molecule has 4 heterocycles. The van der Waals surface area contributed by atoms with Crippen LogP contribution in [0.3, 0.4) is 0 Å². The molecule has 0 amide bonds. The van der Waals surface area contributed by atoms with Gasteiger partial charge < -0.3 is 9.13 Å². The van der Waals surface area contributed by atoms with E-state index in [1.165, 1.54) is 27.4 Å². The van der Waals surface area contributed by atoms with Crippen LogP contribution >= 0.6 is 0 Å². The topological polar surface area (TPSA) is 61.4 Å². The van der Waals surface area contributed by atoms with Crippen LogP contribution < -0.4 is 0 Å². The second kappa shape index (κ2) is 13.0. The van der Waals surface area contributed by atoms with Gasteiger partial charge >= 0.3 is 0 Å². The fourth-order valence-electron chi connectivity index (χ4n) is 8.11. The Kier molecular flexibility index (Phi) is 7.38. The highest BCUT2D eigenvalue weighted by molar-refractivity contribution is 6.17. The van der Waals surface area contributed by atoms with Crippen molar-refractivity contribution >= 4 is 43.7 Å². The predicted octanol–water partition coefficient (Wildman–Crippen LogP) is 12.1. The van der Waals surface area contributed by atoms with Crippen LogP contribution in [-0.2, 0) is 0 Å². The molecule has 0 saturated carbocycles. The van der Waals surface area contributed by atoms with Crippen LogP contribution in [0.5, 0.6) is 0 Å². The van der Waals surface area contributed by atoms with Crippen molar-refractivity contribution in [1.29, 1.82) is 0 Å². The number of para-hydroxylation sites is 2. The summed E-state index contributed by atoms with van der Waals surface area (Å²) < 4.78 is 4.68. The average Bonchev–Trinajstić information content (AvgIpc) is 3.80. The molecule has 4 aromatic heterocycles. The van der Waals surface area contributed by atoms with Crippen molar-refractivity contribution < 1.29 is 0 Å². The van der Waals surface area contributed by atoms with Crippen molar-refractivity contribution in [2.24, 2.45) is 0 Å². The van der Waals surface area contributed by atoms with E-state index >= 15 is 0 Å². The largest absolute Gasteiger partial charge is 0.309 e. The number of aromatic nitrogens is 6. The zero-order valence-electron chi connectivity index (χ0n) is 30.2. The first-order chi connectivity index (χ1) is 27.8. The third-order valence-corrected chi connectivity index (χ3v) is 10.6. The van der Waals surface area contributed by atoms with Crippen molar-refractivity contribution in [3.8, 4) is 56.7 Å². The Hall–Kier alpha value is -7.70. The maximum absolute atomic E-state index is 5.03. The number of benzene rings is 7. The molecule has 0 atom stereocenters. The molecule has 262 valence electrons. The van der Waals surface area contributed by atoms with Crippen LogP contribution in [0.1, 0.15) is 0 Å². The van der Waals surface area contributed by atoms with Gasteiger partial charge in [-0.05, 0) is 71.8 Å². The molecule has 0 unspecified atom stereocenters. The van der Waals surface area contributed by atoms with E-state index < -0.39 is 0 Å². The quantitative estimate of drug-likeness (QED) is 0.172. The standard InChI is InChI=1S/C50H32N6/c1-4-15-33(16-5-1)48-52-49(34-17-6-2-7-18-34)54-50(53-48)36-19-12-22-38(31-36)56-44-27-14-30-51-47(44)41-29-28-35(32-45(41)56)39-24-13-26-43-46(39)40-23-10-11-25-42(40)55(43)37-20-8-3-9-21-37/h1-32H. The molecule has 0 saturated heterocycles. The summed E-state index contributed by atoms with van der Waals surface area (Å²) in [6.07, 6.45) is 1.87. The summed E-state index contributed by atoms with van der Waals surface area (Å²) in [5.41, 5.74) is 12.6. The van der Waals surface area contributed by atoms with E-state index in [0.717, 1.165) is 55.6 Å². The Morgan fingerprint density at radius 1 is 0.339 bits per heavy atom. The van der Waals surface area contributed by atoms with Crippen molar-refractivity contribution in [1.82, 2.24) is 29.1 Å². The molecule has 0 aliphatic heterocycles. The Morgan fingerprint density at radius 2 is 0.911 bits per heavy atom. The van der Waals surface area contributed by atoms with Crippen LogP contribution in [0.2, 0.25) is 0 Å². The zero-order chi connectivity index (χ0) is 37.0. The molecule has 0 bridgehead atoms. The number of hydrogen-bond acceptors (Lipinski definition) is 4. The van der Waals surface area contributed by atoms with E-state index in [2.05, 4.69) is 130 Å². The molecule has 7 aromatic carbocycles. The lowest BCUT2D eigenvalue weighted by Gasteiger charge is -2.12. The molecule has 0 fully saturated rings. The van der Waals surface area contributed by atoms with Crippen molar-refractivity contribution in [2.75, 3.05) is 0 Å². The summed E-state index contributed by atoms with van der Waals surface area (Å²) in [4.78, 5) is 19.9. The number of nitrogens with zero attached hydrogens (tertiary/aromatic N) is 6. The van der Waals surface area contributed by atoms with Gasteiger partial charge in [-0.3, -0.25) is 4.98 Å². The second-order valence-corrected chi connectivity index (χ2v) is 13.9. The van der Waals surface area contributed by atoms with E-state index in [-0.39, 0.29) is 0 Å². The number of pyridine rings is 1. The van der Waals surface area contributed by atoms with Crippen LogP contribution in [-0.4, -0.2) is 29.1 Å². The second-order valence-electron chi connectivity index (χ2n) is 13.9. The molecule has 0 N–H and O–H groups in total. The van der Waals surface area contributed by atoms with Crippen molar-refractivity contribution in [3.05, 3.63) is 194 Å². The lowest BCUT2D eigenvalue weighted by atomic mass is 9.98. The van der Waals surface area contributed by atoms with Gasteiger partial charge in [0, 0.05) is 50.4 Å².